The van der Waals surface area contributed by atoms with Gasteiger partial charge >= 0.3 is 5.97 Å². The highest BCUT2D eigenvalue weighted by Crippen LogP contribution is 2.22. The second-order valence-electron chi connectivity index (χ2n) is 4.36. The van der Waals surface area contributed by atoms with Crippen molar-refractivity contribution >= 4 is 22.6 Å². The summed E-state index contributed by atoms with van der Waals surface area (Å²) >= 11 is 0. The number of nitrogens with one attached hydrogen (secondary N) is 1. The third-order valence-corrected chi connectivity index (χ3v) is 2.81. The molecule has 0 saturated heterocycles. The lowest BCUT2D eigenvalue weighted by Crippen LogP contribution is -2.10. The summed E-state index contributed by atoms with van der Waals surface area (Å²) in [5.74, 6) is 0.365. The number of esters is 1. The molecule has 0 spiro atoms. The van der Waals surface area contributed by atoms with E-state index in [-0.39, 0.29) is 11.8 Å². The second-order valence-corrected chi connectivity index (χ2v) is 4.36. The van der Waals surface area contributed by atoms with Crippen molar-refractivity contribution in [1.82, 2.24) is 0 Å². The molecule has 0 aliphatic heterocycles. The molecule has 2 aromatic carbocycles. The number of carbonyl (C=O) groups is 1. The Morgan fingerprint density at radius 1 is 1.21 bits per heavy atom. The summed E-state index contributed by atoms with van der Waals surface area (Å²) in [6.45, 7) is 1.94. The topological polar surface area (TPSA) is 76.2 Å². The average Bonchev–Trinajstić information content (AvgIpc) is 2.38. The first kappa shape index (κ1) is 13.1. The van der Waals surface area contributed by atoms with Gasteiger partial charge in [-0.05, 0) is 35.4 Å². The molecule has 0 aliphatic carbocycles. The van der Waals surface area contributed by atoms with E-state index in [9.17, 15) is 4.79 Å². The normalized spacial score (nSPS) is 10.4. The number of nitrogens with two attached hydrogens (primary N) is 1. The second kappa shape index (κ2) is 5.52. The third-order valence-electron chi connectivity index (χ3n) is 2.81. The minimum absolute atomic E-state index is 0.0420. The molecule has 0 aromatic heterocycles. The molecule has 0 heterocycles. The van der Waals surface area contributed by atoms with Gasteiger partial charge in [-0.2, -0.15) is 0 Å². The van der Waals surface area contributed by atoms with Crippen LogP contribution in [-0.4, -0.2) is 11.8 Å². The average molecular weight is 256 g/mol. The first-order chi connectivity index (χ1) is 9.10. The van der Waals surface area contributed by atoms with Crippen LogP contribution in [0.3, 0.4) is 0 Å². The quantitative estimate of drug-likeness (QED) is 0.382. The van der Waals surface area contributed by atoms with Crippen LogP contribution in [0, 0.1) is 5.41 Å². The maximum Gasteiger partial charge on any atom is 0.311 e. The van der Waals surface area contributed by atoms with E-state index in [0.29, 0.717) is 17.7 Å². The van der Waals surface area contributed by atoms with Crippen molar-refractivity contribution in [2.75, 3.05) is 0 Å². The van der Waals surface area contributed by atoms with Crippen molar-refractivity contribution < 1.29 is 9.53 Å². The van der Waals surface area contributed by atoms with Crippen LogP contribution in [0.1, 0.15) is 25.3 Å². The number of hydrogen-bond donors (Lipinski definition) is 2. The molecule has 0 fully saturated rings. The molecule has 0 radical (unpaired) electrons. The molecular weight excluding hydrogens is 240 g/mol. The lowest BCUT2D eigenvalue weighted by molar-refractivity contribution is -0.134. The van der Waals surface area contributed by atoms with Crippen LogP contribution in [-0.2, 0) is 4.79 Å². The Morgan fingerprint density at radius 2 is 1.89 bits per heavy atom. The summed E-state index contributed by atoms with van der Waals surface area (Å²) in [6.07, 6.45) is 1.19. The number of hydrogen-bond acceptors (Lipinski definition) is 3. The lowest BCUT2D eigenvalue weighted by Gasteiger charge is -2.06. The molecule has 2 aromatic rings. The maximum atomic E-state index is 11.4. The first-order valence-corrected chi connectivity index (χ1v) is 6.19. The zero-order valence-electron chi connectivity index (χ0n) is 10.8. The molecule has 3 N–H and O–H groups in total. The Hall–Kier alpha value is -2.36. The molecule has 0 unspecified atom stereocenters. The van der Waals surface area contributed by atoms with Crippen LogP contribution >= 0.6 is 0 Å². The monoisotopic (exact) mass is 256 g/mol. The van der Waals surface area contributed by atoms with Crippen LogP contribution < -0.4 is 10.5 Å². The SMILES string of the molecule is CCCC(=O)Oc1ccc2cc(C(=N)N)ccc2c1. The van der Waals surface area contributed by atoms with Gasteiger partial charge < -0.3 is 10.5 Å². The number of ether oxygens (including phenoxy) is 1. The summed E-state index contributed by atoms with van der Waals surface area (Å²) in [5, 5.41) is 9.31. The molecule has 4 heteroatoms. The number of amidine groups is 1. The highest BCUT2D eigenvalue weighted by atomic mass is 16.5. The molecule has 0 bridgehead atoms. The number of rotatable bonds is 4. The molecule has 0 aliphatic rings. The van der Waals surface area contributed by atoms with E-state index in [4.69, 9.17) is 15.9 Å². The number of nitrogen functional groups attached to an aromatic ring is 1. The van der Waals surface area contributed by atoms with Gasteiger partial charge in [-0.3, -0.25) is 10.2 Å². The van der Waals surface area contributed by atoms with Crippen molar-refractivity contribution in [2.45, 2.75) is 19.8 Å². The van der Waals surface area contributed by atoms with E-state index in [0.717, 1.165) is 17.2 Å². The zero-order valence-corrected chi connectivity index (χ0v) is 10.8. The van der Waals surface area contributed by atoms with Gasteiger partial charge in [0.2, 0.25) is 0 Å². The van der Waals surface area contributed by atoms with Crippen molar-refractivity contribution in [3.05, 3.63) is 42.0 Å². The van der Waals surface area contributed by atoms with E-state index in [1.54, 1.807) is 12.1 Å². The van der Waals surface area contributed by atoms with Crippen LogP contribution in [0.4, 0.5) is 0 Å². The molecule has 19 heavy (non-hydrogen) atoms. The lowest BCUT2D eigenvalue weighted by atomic mass is 10.1. The van der Waals surface area contributed by atoms with E-state index in [1.165, 1.54) is 0 Å². The Morgan fingerprint density at radius 3 is 2.58 bits per heavy atom. The maximum absolute atomic E-state index is 11.4. The van der Waals surface area contributed by atoms with Gasteiger partial charge in [-0.25, -0.2) is 0 Å². The molecule has 0 saturated carbocycles. The van der Waals surface area contributed by atoms with Crippen LogP contribution in [0.15, 0.2) is 36.4 Å². The summed E-state index contributed by atoms with van der Waals surface area (Å²) in [5.41, 5.74) is 6.13. The van der Waals surface area contributed by atoms with Crippen LogP contribution in [0.25, 0.3) is 10.8 Å². The van der Waals surface area contributed by atoms with E-state index < -0.39 is 0 Å². The van der Waals surface area contributed by atoms with Gasteiger partial charge in [0.05, 0.1) is 0 Å². The molecule has 0 amide bonds. The Kier molecular flexibility index (Phi) is 3.80. The van der Waals surface area contributed by atoms with Gasteiger partial charge in [0.15, 0.2) is 0 Å². The highest BCUT2D eigenvalue weighted by Gasteiger charge is 2.05. The van der Waals surface area contributed by atoms with Crippen molar-refractivity contribution in [3.63, 3.8) is 0 Å². The van der Waals surface area contributed by atoms with Gasteiger partial charge in [-0.15, -0.1) is 0 Å². The van der Waals surface area contributed by atoms with Gasteiger partial charge in [0.1, 0.15) is 11.6 Å². The third kappa shape index (κ3) is 3.10. The number of fused-ring (bicyclic) bond motifs is 1. The Bertz CT molecular complexity index is 635. The fourth-order valence-corrected chi connectivity index (χ4v) is 1.84. The standard InChI is InChI=1S/C15H16N2O2/c1-2-3-14(18)19-13-7-6-10-8-12(15(16)17)5-4-11(10)9-13/h4-9H,2-3H2,1H3,(H3,16,17). The largest absolute Gasteiger partial charge is 0.427 e. The van der Waals surface area contributed by atoms with E-state index in [1.807, 2.05) is 31.2 Å². The van der Waals surface area contributed by atoms with Gasteiger partial charge in [0, 0.05) is 12.0 Å². The van der Waals surface area contributed by atoms with Crippen molar-refractivity contribution in [1.29, 1.82) is 5.41 Å². The van der Waals surface area contributed by atoms with E-state index in [2.05, 4.69) is 0 Å². The zero-order chi connectivity index (χ0) is 13.8. The number of benzene rings is 2. The Labute approximate surface area is 111 Å². The van der Waals surface area contributed by atoms with Gasteiger partial charge in [0.25, 0.3) is 0 Å². The summed E-state index contributed by atoms with van der Waals surface area (Å²) in [7, 11) is 0. The van der Waals surface area contributed by atoms with Crippen LogP contribution in [0.2, 0.25) is 0 Å². The minimum atomic E-state index is -0.220. The molecule has 2 rings (SSSR count). The summed E-state index contributed by atoms with van der Waals surface area (Å²) in [4.78, 5) is 11.4. The molecule has 0 atom stereocenters. The fourth-order valence-electron chi connectivity index (χ4n) is 1.84. The highest BCUT2D eigenvalue weighted by molar-refractivity contribution is 5.99. The molecule has 98 valence electrons. The first-order valence-electron chi connectivity index (χ1n) is 6.19. The van der Waals surface area contributed by atoms with Crippen molar-refractivity contribution in [3.8, 4) is 5.75 Å². The summed E-state index contributed by atoms with van der Waals surface area (Å²) < 4.78 is 5.23. The van der Waals surface area contributed by atoms with Crippen molar-refractivity contribution in [2.24, 2.45) is 5.73 Å². The molecule has 4 nitrogen and oxygen atoms in total. The minimum Gasteiger partial charge on any atom is -0.427 e. The summed E-state index contributed by atoms with van der Waals surface area (Å²) in [6, 6.07) is 10.9. The predicted molar refractivity (Wildman–Crippen MR) is 75.5 cm³/mol. The van der Waals surface area contributed by atoms with E-state index >= 15 is 0 Å². The number of carbonyl (C=O) groups excluding carboxylic acids is 1. The van der Waals surface area contributed by atoms with Crippen LogP contribution in [0.5, 0.6) is 5.75 Å². The molecular formula is C15H16N2O2. The van der Waals surface area contributed by atoms with Gasteiger partial charge in [-0.1, -0.05) is 25.1 Å². The Balaban J connectivity index is 2.29. The fraction of sp³-hybridized carbons (Fsp3) is 0.200. The smallest absolute Gasteiger partial charge is 0.311 e. The predicted octanol–water partition coefficient (Wildman–Crippen LogP) is 2.83.